The maximum Gasteiger partial charge on any atom is 0.228 e. The Morgan fingerprint density at radius 3 is 2.46 bits per heavy atom. The predicted octanol–water partition coefficient (Wildman–Crippen LogP) is 2.10. The summed E-state index contributed by atoms with van der Waals surface area (Å²) in [7, 11) is 3.71. The molecule has 1 aliphatic rings. The first-order valence-electron chi connectivity index (χ1n) is 7.92. The van der Waals surface area contributed by atoms with E-state index in [1.165, 1.54) is 0 Å². The normalized spacial score (nSPS) is 15.6. The van der Waals surface area contributed by atoms with Gasteiger partial charge in [0.25, 0.3) is 0 Å². The van der Waals surface area contributed by atoms with Gasteiger partial charge in [-0.2, -0.15) is 0 Å². The largest absolute Gasteiger partial charge is 0.384 e. The molecular weight excluding hydrogens is 349 g/mol. The minimum absolute atomic E-state index is 0. The molecule has 5 nitrogen and oxygen atoms in total. The molecule has 0 radical (unpaired) electrons. The highest BCUT2D eigenvalue weighted by Crippen LogP contribution is 2.29. The highest BCUT2D eigenvalue weighted by atomic mass is 35.5. The number of anilines is 1. The van der Waals surface area contributed by atoms with E-state index >= 15 is 0 Å². The van der Waals surface area contributed by atoms with Crippen LogP contribution in [-0.2, 0) is 9.53 Å². The first-order valence-corrected chi connectivity index (χ1v) is 7.92. The predicted molar refractivity (Wildman–Crippen MR) is 104 cm³/mol. The van der Waals surface area contributed by atoms with Gasteiger partial charge in [-0.05, 0) is 38.1 Å². The van der Waals surface area contributed by atoms with Crippen LogP contribution < -0.4 is 15.5 Å². The van der Waals surface area contributed by atoms with Gasteiger partial charge < -0.3 is 20.3 Å². The number of rotatable bonds is 7. The van der Waals surface area contributed by atoms with Gasteiger partial charge in [-0.15, -0.1) is 24.8 Å². The topological polar surface area (TPSA) is 53.6 Å². The number of nitrogens with one attached hydrogen (secondary N) is 2. The van der Waals surface area contributed by atoms with Crippen LogP contribution in [0.3, 0.4) is 0 Å². The number of carbonyl (C=O) groups is 1. The second kappa shape index (κ2) is 11.5. The lowest BCUT2D eigenvalue weighted by molar-refractivity contribution is -0.136. The summed E-state index contributed by atoms with van der Waals surface area (Å²) in [5.74, 6) is 0.123. The van der Waals surface area contributed by atoms with E-state index in [0.717, 1.165) is 38.2 Å². The molecule has 0 bridgehead atoms. The summed E-state index contributed by atoms with van der Waals surface area (Å²) >= 11 is 0. The van der Waals surface area contributed by atoms with Crippen molar-refractivity contribution in [3.8, 4) is 0 Å². The molecule has 2 N–H and O–H groups in total. The van der Waals surface area contributed by atoms with Gasteiger partial charge in [0.1, 0.15) is 0 Å². The zero-order chi connectivity index (χ0) is 15.8. The van der Waals surface area contributed by atoms with Gasteiger partial charge in [-0.3, -0.25) is 4.79 Å². The fourth-order valence-corrected chi connectivity index (χ4v) is 2.95. The smallest absolute Gasteiger partial charge is 0.228 e. The molecule has 1 aliphatic heterocycles. The molecule has 1 aromatic rings. The van der Waals surface area contributed by atoms with E-state index in [1.54, 1.807) is 7.11 Å². The van der Waals surface area contributed by atoms with Crippen LogP contribution in [0.5, 0.6) is 0 Å². The zero-order valence-electron chi connectivity index (χ0n) is 14.4. The van der Waals surface area contributed by atoms with Gasteiger partial charge in [0.05, 0.1) is 12.0 Å². The highest BCUT2D eigenvalue weighted by Gasteiger charge is 2.39. The third-order valence-electron chi connectivity index (χ3n) is 4.39. The van der Waals surface area contributed by atoms with Crippen LogP contribution in [0.1, 0.15) is 12.8 Å². The molecule has 0 atom stereocenters. The average molecular weight is 378 g/mol. The third kappa shape index (κ3) is 6.13. The van der Waals surface area contributed by atoms with Crippen molar-refractivity contribution in [1.29, 1.82) is 0 Å². The fraction of sp³-hybridized carbons (Fsp3) is 0.588. The van der Waals surface area contributed by atoms with E-state index in [4.69, 9.17) is 4.74 Å². The molecule has 1 saturated heterocycles. The molecule has 1 fully saturated rings. The summed E-state index contributed by atoms with van der Waals surface area (Å²) < 4.78 is 5.30. The van der Waals surface area contributed by atoms with Gasteiger partial charge in [0.2, 0.25) is 5.91 Å². The summed E-state index contributed by atoms with van der Waals surface area (Å²) in [6.07, 6.45) is 1.67. The lowest BCUT2D eigenvalue weighted by atomic mass is 9.78. The van der Waals surface area contributed by atoms with Crippen molar-refractivity contribution >= 4 is 36.4 Å². The maximum absolute atomic E-state index is 12.6. The number of piperidine rings is 1. The first-order chi connectivity index (χ1) is 10.7. The summed E-state index contributed by atoms with van der Waals surface area (Å²) in [4.78, 5) is 14.7. The van der Waals surface area contributed by atoms with Crippen molar-refractivity contribution < 1.29 is 9.53 Å². The number of ether oxygens (including phenoxy) is 1. The molecule has 1 aromatic carbocycles. The number of methoxy groups -OCH3 is 1. The van der Waals surface area contributed by atoms with Gasteiger partial charge in [0.15, 0.2) is 0 Å². The number of halogens is 2. The van der Waals surface area contributed by atoms with Crippen LogP contribution in [-0.4, -0.2) is 52.9 Å². The number of para-hydroxylation sites is 1. The fourth-order valence-electron chi connectivity index (χ4n) is 2.95. The number of hydrogen-bond acceptors (Lipinski definition) is 4. The van der Waals surface area contributed by atoms with Crippen LogP contribution >= 0.6 is 24.8 Å². The SMILES string of the molecule is COCC1(C(=O)NCCN(C)c2ccccc2)CCNCC1.Cl.Cl. The molecule has 24 heavy (non-hydrogen) atoms. The molecule has 0 saturated carbocycles. The van der Waals surface area contributed by atoms with Crippen LogP contribution in [0, 0.1) is 5.41 Å². The maximum atomic E-state index is 12.6. The van der Waals surface area contributed by atoms with Crippen LogP contribution in [0.15, 0.2) is 30.3 Å². The van der Waals surface area contributed by atoms with E-state index in [-0.39, 0.29) is 36.1 Å². The second-order valence-electron chi connectivity index (χ2n) is 5.98. The third-order valence-corrected chi connectivity index (χ3v) is 4.39. The van der Waals surface area contributed by atoms with Crippen molar-refractivity contribution in [3.63, 3.8) is 0 Å². The van der Waals surface area contributed by atoms with E-state index < -0.39 is 0 Å². The van der Waals surface area contributed by atoms with Gasteiger partial charge in [0, 0.05) is 32.9 Å². The van der Waals surface area contributed by atoms with Crippen LogP contribution in [0.2, 0.25) is 0 Å². The molecule has 0 unspecified atom stereocenters. The summed E-state index contributed by atoms with van der Waals surface area (Å²) in [6.45, 7) is 3.68. The van der Waals surface area contributed by atoms with Gasteiger partial charge in [-0.1, -0.05) is 18.2 Å². The standard InChI is InChI=1S/C17H27N3O2.2ClH/c1-20(15-6-4-3-5-7-15)13-12-19-16(21)17(14-22-2)8-10-18-11-9-17;;/h3-7,18H,8-14H2,1-2H3,(H,19,21);2*1H. The monoisotopic (exact) mass is 377 g/mol. The summed E-state index contributed by atoms with van der Waals surface area (Å²) in [5.41, 5.74) is 0.788. The Balaban J connectivity index is 0.00000264. The molecule has 2 rings (SSSR count). The van der Waals surface area contributed by atoms with E-state index in [1.807, 2.05) is 25.2 Å². The van der Waals surface area contributed by atoms with Crippen molar-refractivity contribution in [2.45, 2.75) is 12.8 Å². The summed E-state index contributed by atoms with van der Waals surface area (Å²) in [6, 6.07) is 10.2. The minimum Gasteiger partial charge on any atom is -0.384 e. The Kier molecular flexibility index (Phi) is 11.0. The van der Waals surface area contributed by atoms with E-state index in [0.29, 0.717) is 13.2 Å². The summed E-state index contributed by atoms with van der Waals surface area (Å²) in [5, 5.41) is 6.40. The van der Waals surface area contributed by atoms with E-state index in [9.17, 15) is 4.79 Å². The number of hydrogen-bond donors (Lipinski definition) is 2. The number of carbonyl (C=O) groups excluding carboxylic acids is 1. The number of likely N-dealkylation sites (N-methyl/N-ethyl adjacent to an activating group) is 1. The molecule has 1 amide bonds. The van der Waals surface area contributed by atoms with Crippen molar-refractivity contribution in [1.82, 2.24) is 10.6 Å². The molecule has 0 aromatic heterocycles. The van der Waals surface area contributed by atoms with E-state index in [2.05, 4.69) is 27.7 Å². The molecule has 1 heterocycles. The van der Waals surface area contributed by atoms with Crippen LogP contribution in [0.4, 0.5) is 5.69 Å². The average Bonchev–Trinajstić information content (AvgIpc) is 2.56. The number of benzene rings is 1. The Bertz CT molecular complexity index is 463. The Morgan fingerprint density at radius 1 is 1.25 bits per heavy atom. The number of nitrogens with zero attached hydrogens (tertiary/aromatic N) is 1. The minimum atomic E-state index is -0.370. The first kappa shape index (κ1) is 23.0. The quantitative estimate of drug-likeness (QED) is 0.763. The molecule has 0 aliphatic carbocycles. The Labute approximate surface area is 157 Å². The van der Waals surface area contributed by atoms with Gasteiger partial charge in [-0.25, -0.2) is 0 Å². The second-order valence-corrected chi connectivity index (χ2v) is 5.98. The molecule has 138 valence electrons. The van der Waals surface area contributed by atoms with Crippen molar-refractivity contribution in [3.05, 3.63) is 30.3 Å². The highest BCUT2D eigenvalue weighted by molar-refractivity contribution is 5.85. The molecule has 7 heteroatoms. The number of amides is 1. The Morgan fingerprint density at radius 2 is 1.88 bits per heavy atom. The molecule has 0 spiro atoms. The van der Waals surface area contributed by atoms with Gasteiger partial charge >= 0.3 is 0 Å². The lowest BCUT2D eigenvalue weighted by Crippen LogP contribution is -2.51. The Hall–Kier alpha value is -1.01. The zero-order valence-corrected chi connectivity index (χ0v) is 16.0. The molecular formula is C17H29Cl2N3O2. The van der Waals surface area contributed by atoms with Crippen LogP contribution in [0.25, 0.3) is 0 Å². The lowest BCUT2D eigenvalue weighted by Gasteiger charge is -2.35. The van der Waals surface area contributed by atoms with Crippen molar-refractivity contribution in [2.75, 3.05) is 51.8 Å². The van der Waals surface area contributed by atoms with Crippen molar-refractivity contribution in [2.24, 2.45) is 5.41 Å².